The number of amides is 1. The van der Waals surface area contributed by atoms with Crippen LogP contribution < -0.4 is 5.32 Å². The summed E-state index contributed by atoms with van der Waals surface area (Å²) in [7, 11) is 0. The van der Waals surface area contributed by atoms with E-state index in [0.717, 1.165) is 5.69 Å². The van der Waals surface area contributed by atoms with Gasteiger partial charge in [-0.25, -0.2) is 4.98 Å². The van der Waals surface area contributed by atoms with Crippen LogP contribution in [0.25, 0.3) is 0 Å². The zero-order valence-electron chi connectivity index (χ0n) is 9.64. The van der Waals surface area contributed by atoms with E-state index in [1.54, 1.807) is 18.3 Å². The fraction of sp³-hybridized carbons (Fsp3) is 0.273. The molecule has 2 aromatic heterocycles. The topological polar surface area (TPSA) is 83.6 Å². The third kappa shape index (κ3) is 2.66. The van der Waals surface area contributed by atoms with Gasteiger partial charge in [-0.05, 0) is 26.0 Å². The summed E-state index contributed by atoms with van der Waals surface area (Å²) in [5.74, 6) is 0.444. The first-order valence-corrected chi connectivity index (χ1v) is 5.25. The van der Waals surface area contributed by atoms with Crippen molar-refractivity contribution in [1.82, 2.24) is 25.5 Å². The van der Waals surface area contributed by atoms with Crippen LogP contribution in [0.1, 0.15) is 34.8 Å². The van der Waals surface area contributed by atoms with Gasteiger partial charge in [0.25, 0.3) is 5.91 Å². The molecule has 2 heterocycles. The molecular formula is C11H13N5O. The van der Waals surface area contributed by atoms with Crippen LogP contribution in [0, 0.1) is 6.92 Å². The van der Waals surface area contributed by atoms with Gasteiger partial charge >= 0.3 is 0 Å². The fourth-order valence-corrected chi connectivity index (χ4v) is 1.37. The lowest BCUT2D eigenvalue weighted by Gasteiger charge is -2.10. The number of aromatic nitrogens is 4. The number of aromatic amines is 1. The zero-order chi connectivity index (χ0) is 12.3. The van der Waals surface area contributed by atoms with Gasteiger partial charge < -0.3 is 5.32 Å². The Bertz CT molecular complexity index is 491. The van der Waals surface area contributed by atoms with Gasteiger partial charge in [0.1, 0.15) is 12.2 Å². The molecular weight excluding hydrogens is 218 g/mol. The summed E-state index contributed by atoms with van der Waals surface area (Å²) >= 11 is 0. The minimum atomic E-state index is -0.216. The molecule has 88 valence electrons. The largest absolute Gasteiger partial charge is 0.342 e. The van der Waals surface area contributed by atoms with E-state index in [1.807, 2.05) is 13.8 Å². The lowest BCUT2D eigenvalue weighted by molar-refractivity contribution is 0.0938. The van der Waals surface area contributed by atoms with E-state index in [9.17, 15) is 4.79 Å². The summed E-state index contributed by atoms with van der Waals surface area (Å²) in [6.07, 6.45) is 2.96. The van der Waals surface area contributed by atoms with Crippen molar-refractivity contribution in [3.63, 3.8) is 0 Å². The summed E-state index contributed by atoms with van der Waals surface area (Å²) < 4.78 is 0. The van der Waals surface area contributed by atoms with Gasteiger partial charge in [-0.1, -0.05) is 0 Å². The van der Waals surface area contributed by atoms with Crippen LogP contribution in [0.3, 0.4) is 0 Å². The molecule has 0 aliphatic rings. The lowest BCUT2D eigenvalue weighted by Crippen LogP contribution is -2.27. The minimum absolute atomic E-state index is 0.179. The number of carbonyl (C=O) groups excluding carboxylic acids is 1. The Balaban J connectivity index is 2.04. The fourth-order valence-electron chi connectivity index (χ4n) is 1.37. The Hall–Kier alpha value is -2.24. The van der Waals surface area contributed by atoms with E-state index in [4.69, 9.17) is 0 Å². The molecule has 17 heavy (non-hydrogen) atoms. The quantitative estimate of drug-likeness (QED) is 0.825. The highest BCUT2D eigenvalue weighted by Crippen LogP contribution is 2.06. The van der Waals surface area contributed by atoms with Crippen molar-refractivity contribution in [2.24, 2.45) is 0 Å². The number of hydrogen-bond acceptors (Lipinski definition) is 4. The average Bonchev–Trinajstić information content (AvgIpc) is 2.83. The molecule has 0 aliphatic heterocycles. The maximum absolute atomic E-state index is 11.8. The van der Waals surface area contributed by atoms with Crippen molar-refractivity contribution >= 4 is 5.91 Å². The van der Waals surface area contributed by atoms with Gasteiger partial charge in [-0.2, -0.15) is 5.10 Å². The van der Waals surface area contributed by atoms with Gasteiger partial charge in [0.15, 0.2) is 0 Å². The summed E-state index contributed by atoms with van der Waals surface area (Å²) in [6.45, 7) is 3.71. The second-order valence-electron chi connectivity index (χ2n) is 3.75. The molecule has 1 amide bonds. The van der Waals surface area contributed by atoms with E-state index in [0.29, 0.717) is 11.4 Å². The number of carbonyl (C=O) groups is 1. The van der Waals surface area contributed by atoms with E-state index >= 15 is 0 Å². The molecule has 2 N–H and O–H groups in total. The smallest absolute Gasteiger partial charge is 0.253 e. The molecule has 2 rings (SSSR count). The number of nitrogens with one attached hydrogen (secondary N) is 2. The first kappa shape index (κ1) is 11.3. The Kier molecular flexibility index (Phi) is 3.13. The van der Waals surface area contributed by atoms with Crippen LogP contribution in [0.5, 0.6) is 0 Å². The maximum Gasteiger partial charge on any atom is 0.253 e. The van der Waals surface area contributed by atoms with Gasteiger partial charge in [0.2, 0.25) is 0 Å². The van der Waals surface area contributed by atoms with Crippen LogP contribution in [0.4, 0.5) is 0 Å². The van der Waals surface area contributed by atoms with E-state index < -0.39 is 0 Å². The number of nitrogens with zero attached hydrogens (tertiary/aromatic N) is 3. The molecule has 1 unspecified atom stereocenters. The monoisotopic (exact) mass is 231 g/mol. The van der Waals surface area contributed by atoms with Crippen LogP contribution in [-0.4, -0.2) is 26.1 Å². The van der Waals surface area contributed by atoms with E-state index in [1.165, 1.54) is 6.33 Å². The van der Waals surface area contributed by atoms with Gasteiger partial charge in [0.05, 0.1) is 11.6 Å². The van der Waals surface area contributed by atoms with E-state index in [-0.39, 0.29) is 11.9 Å². The van der Waals surface area contributed by atoms with Gasteiger partial charge in [0, 0.05) is 11.9 Å². The van der Waals surface area contributed by atoms with Crippen LogP contribution in [0.2, 0.25) is 0 Å². The maximum atomic E-state index is 11.8. The Labute approximate surface area is 98.5 Å². The van der Waals surface area contributed by atoms with Crippen molar-refractivity contribution in [2.45, 2.75) is 19.9 Å². The number of rotatable bonds is 3. The van der Waals surface area contributed by atoms with Crippen molar-refractivity contribution < 1.29 is 4.79 Å². The van der Waals surface area contributed by atoms with Crippen LogP contribution in [-0.2, 0) is 0 Å². The zero-order valence-corrected chi connectivity index (χ0v) is 9.64. The summed E-state index contributed by atoms with van der Waals surface area (Å²) in [6, 6.07) is 3.32. The Morgan fingerprint density at radius 3 is 2.82 bits per heavy atom. The highest BCUT2D eigenvalue weighted by molar-refractivity contribution is 5.94. The van der Waals surface area contributed by atoms with Crippen molar-refractivity contribution in [3.8, 4) is 0 Å². The molecule has 6 heteroatoms. The molecule has 0 spiro atoms. The molecule has 0 saturated heterocycles. The number of aryl methyl sites for hydroxylation is 1. The SMILES string of the molecule is Cc1ccc(C(=O)NC(C)c2ncn[nH]2)cn1. The molecule has 1 atom stereocenters. The third-order valence-electron chi connectivity index (χ3n) is 2.36. The number of pyridine rings is 1. The minimum Gasteiger partial charge on any atom is -0.342 e. The van der Waals surface area contributed by atoms with E-state index in [2.05, 4.69) is 25.5 Å². The number of H-pyrrole nitrogens is 1. The Morgan fingerprint density at radius 1 is 1.41 bits per heavy atom. The second-order valence-corrected chi connectivity index (χ2v) is 3.75. The lowest BCUT2D eigenvalue weighted by atomic mass is 10.2. The number of hydrogen-bond donors (Lipinski definition) is 2. The van der Waals surface area contributed by atoms with Crippen molar-refractivity contribution in [1.29, 1.82) is 0 Å². The molecule has 0 bridgehead atoms. The highest BCUT2D eigenvalue weighted by atomic mass is 16.1. The predicted molar refractivity (Wildman–Crippen MR) is 61.2 cm³/mol. The summed E-state index contributed by atoms with van der Waals surface area (Å²) in [5.41, 5.74) is 1.41. The van der Waals surface area contributed by atoms with Crippen LogP contribution >= 0.6 is 0 Å². The first-order chi connectivity index (χ1) is 8.16. The predicted octanol–water partition coefficient (Wildman–Crippen LogP) is 0.999. The average molecular weight is 231 g/mol. The Morgan fingerprint density at radius 2 is 2.24 bits per heavy atom. The highest BCUT2D eigenvalue weighted by Gasteiger charge is 2.13. The third-order valence-corrected chi connectivity index (χ3v) is 2.36. The molecule has 6 nitrogen and oxygen atoms in total. The van der Waals surface area contributed by atoms with Gasteiger partial charge in [-0.15, -0.1) is 0 Å². The molecule has 0 radical (unpaired) electrons. The summed E-state index contributed by atoms with van der Waals surface area (Å²) in [5, 5.41) is 9.25. The van der Waals surface area contributed by atoms with Crippen molar-refractivity contribution in [3.05, 3.63) is 41.7 Å². The molecule has 2 aromatic rings. The normalized spacial score (nSPS) is 12.1. The molecule has 0 aliphatic carbocycles. The second kappa shape index (κ2) is 4.73. The molecule has 0 saturated carbocycles. The standard InChI is InChI=1S/C11H13N5O/c1-7-3-4-9(5-12-7)11(17)15-8(2)10-13-6-14-16-10/h3-6,8H,1-2H3,(H,15,17)(H,13,14,16). The summed E-state index contributed by atoms with van der Waals surface area (Å²) in [4.78, 5) is 19.9. The van der Waals surface area contributed by atoms with Crippen molar-refractivity contribution in [2.75, 3.05) is 0 Å². The molecule has 0 aromatic carbocycles. The molecule has 0 fully saturated rings. The van der Waals surface area contributed by atoms with Crippen LogP contribution in [0.15, 0.2) is 24.7 Å². The van der Waals surface area contributed by atoms with Gasteiger partial charge in [-0.3, -0.25) is 14.9 Å². The first-order valence-electron chi connectivity index (χ1n) is 5.25.